The number of carboxylic acids is 1. The van der Waals surface area contributed by atoms with Gasteiger partial charge in [0.05, 0.1) is 12.0 Å². The number of rotatable bonds is 7. The Labute approximate surface area is 125 Å². The van der Waals surface area contributed by atoms with Crippen LogP contribution in [0.3, 0.4) is 0 Å². The number of nitrogens with one attached hydrogen (secondary N) is 1. The lowest BCUT2D eigenvalue weighted by Crippen LogP contribution is -2.36. The van der Waals surface area contributed by atoms with Crippen molar-refractivity contribution < 1.29 is 14.7 Å². The number of halogens is 1. The van der Waals surface area contributed by atoms with Crippen LogP contribution in [0.4, 0.5) is 0 Å². The van der Waals surface area contributed by atoms with E-state index < -0.39 is 11.4 Å². The normalized spacial score (nSPS) is 11.3. The number of amides is 1. The molecule has 0 saturated carbocycles. The zero-order valence-electron chi connectivity index (χ0n) is 11.0. The van der Waals surface area contributed by atoms with Crippen LogP contribution in [-0.2, 0) is 16.1 Å². The first kappa shape index (κ1) is 16.2. The van der Waals surface area contributed by atoms with E-state index in [1.54, 1.807) is 25.2 Å². The van der Waals surface area contributed by atoms with Gasteiger partial charge in [0.15, 0.2) is 0 Å². The molecule has 1 heterocycles. The largest absolute Gasteiger partial charge is 0.481 e. The van der Waals surface area contributed by atoms with E-state index in [4.69, 9.17) is 0 Å². The minimum atomic E-state index is -0.948. The molecule has 1 amide bonds. The predicted molar refractivity (Wildman–Crippen MR) is 79.1 cm³/mol. The molecule has 0 aliphatic carbocycles. The fourth-order valence-electron chi connectivity index (χ4n) is 1.88. The minimum absolute atomic E-state index is 0.0261. The molecule has 0 radical (unpaired) electrons. The van der Waals surface area contributed by atoms with Crippen LogP contribution in [0.1, 0.15) is 38.0 Å². The van der Waals surface area contributed by atoms with E-state index in [0.29, 0.717) is 19.4 Å². The summed E-state index contributed by atoms with van der Waals surface area (Å²) >= 11 is 4.94. The second-order valence-electron chi connectivity index (χ2n) is 4.44. The summed E-state index contributed by atoms with van der Waals surface area (Å²) in [5, 5.41) is 14.0. The van der Waals surface area contributed by atoms with Gasteiger partial charge in [0.1, 0.15) is 0 Å². The molecule has 0 saturated heterocycles. The number of carboxylic acid groups (broad SMARTS) is 1. The molecule has 0 unspecified atom stereocenters. The van der Waals surface area contributed by atoms with Crippen LogP contribution in [0.5, 0.6) is 0 Å². The molecular formula is C13H18BrNO3S. The van der Waals surface area contributed by atoms with Crippen molar-refractivity contribution in [1.29, 1.82) is 0 Å². The molecule has 6 heteroatoms. The van der Waals surface area contributed by atoms with Gasteiger partial charge in [-0.2, -0.15) is 0 Å². The van der Waals surface area contributed by atoms with Gasteiger partial charge < -0.3 is 10.4 Å². The van der Waals surface area contributed by atoms with E-state index in [9.17, 15) is 14.7 Å². The third-order valence-corrected chi connectivity index (χ3v) is 5.37. The van der Waals surface area contributed by atoms with Crippen molar-refractivity contribution in [1.82, 2.24) is 5.32 Å². The third kappa shape index (κ3) is 4.04. The third-order valence-electron chi connectivity index (χ3n) is 3.44. The highest BCUT2D eigenvalue weighted by atomic mass is 79.9. The lowest BCUT2D eigenvalue weighted by atomic mass is 9.79. The summed E-state index contributed by atoms with van der Waals surface area (Å²) in [5.74, 6) is -1.11. The molecule has 4 nitrogen and oxygen atoms in total. The highest BCUT2D eigenvalue weighted by Crippen LogP contribution is 2.31. The molecule has 2 N–H and O–H groups in total. The summed E-state index contributed by atoms with van der Waals surface area (Å²) in [6, 6.07) is 1.92. The van der Waals surface area contributed by atoms with Gasteiger partial charge in [-0.25, -0.2) is 0 Å². The summed E-state index contributed by atoms with van der Waals surface area (Å²) in [6.07, 6.45) is 0.933. The molecule has 0 aliphatic heterocycles. The quantitative estimate of drug-likeness (QED) is 0.794. The monoisotopic (exact) mass is 347 g/mol. The van der Waals surface area contributed by atoms with Gasteiger partial charge in [-0.3, -0.25) is 9.59 Å². The topological polar surface area (TPSA) is 66.4 Å². The van der Waals surface area contributed by atoms with E-state index in [-0.39, 0.29) is 12.3 Å². The zero-order chi connectivity index (χ0) is 14.5. The highest BCUT2D eigenvalue weighted by Gasteiger charge is 2.37. The Kier molecular flexibility index (Phi) is 6.00. The number of hydrogen-bond donors (Lipinski definition) is 2. The van der Waals surface area contributed by atoms with Gasteiger partial charge in [0.25, 0.3) is 0 Å². The first-order valence-electron chi connectivity index (χ1n) is 6.17. The molecule has 0 spiro atoms. The molecule has 1 aromatic rings. The van der Waals surface area contributed by atoms with Crippen molar-refractivity contribution >= 4 is 39.1 Å². The van der Waals surface area contributed by atoms with Crippen molar-refractivity contribution in [2.75, 3.05) is 0 Å². The number of hydrogen-bond acceptors (Lipinski definition) is 3. The zero-order valence-corrected chi connectivity index (χ0v) is 13.4. The van der Waals surface area contributed by atoms with Gasteiger partial charge >= 0.3 is 5.97 Å². The van der Waals surface area contributed by atoms with Crippen molar-refractivity contribution in [3.05, 3.63) is 20.8 Å². The smallest absolute Gasteiger partial charge is 0.310 e. The Hall–Kier alpha value is -0.880. The summed E-state index contributed by atoms with van der Waals surface area (Å²) in [7, 11) is 0. The Morgan fingerprint density at radius 2 is 2.05 bits per heavy atom. The fraction of sp³-hybridized carbons (Fsp3) is 0.538. The standard InChI is InChI=1S/C13H18BrNO3S/c1-3-13(4-2,12(17)18)7-11(16)15-8-10-9(14)5-6-19-10/h5-6H,3-4,7-8H2,1-2H3,(H,15,16)(H,17,18). The molecule has 0 aromatic carbocycles. The van der Waals surface area contributed by atoms with Gasteiger partial charge in [-0.05, 0) is 40.2 Å². The average molecular weight is 348 g/mol. The van der Waals surface area contributed by atoms with Crippen LogP contribution in [-0.4, -0.2) is 17.0 Å². The Morgan fingerprint density at radius 3 is 2.47 bits per heavy atom. The minimum Gasteiger partial charge on any atom is -0.481 e. The van der Waals surface area contributed by atoms with Crippen molar-refractivity contribution in [2.24, 2.45) is 5.41 Å². The Bertz CT molecular complexity index is 454. The molecular weight excluding hydrogens is 330 g/mol. The summed E-state index contributed by atoms with van der Waals surface area (Å²) in [5.41, 5.74) is -0.948. The van der Waals surface area contributed by atoms with Gasteiger partial charge in [-0.15, -0.1) is 11.3 Å². The highest BCUT2D eigenvalue weighted by molar-refractivity contribution is 9.10. The number of carbonyl (C=O) groups is 2. The summed E-state index contributed by atoms with van der Waals surface area (Å²) < 4.78 is 0.966. The van der Waals surface area contributed by atoms with E-state index in [1.165, 1.54) is 0 Å². The van der Waals surface area contributed by atoms with Crippen LogP contribution >= 0.6 is 27.3 Å². The molecule has 0 atom stereocenters. The van der Waals surface area contributed by atoms with E-state index >= 15 is 0 Å². The first-order chi connectivity index (χ1) is 8.95. The van der Waals surface area contributed by atoms with Gasteiger partial charge in [-0.1, -0.05) is 13.8 Å². The Balaban J connectivity index is 2.59. The lowest BCUT2D eigenvalue weighted by molar-refractivity contribution is -0.152. The van der Waals surface area contributed by atoms with Crippen molar-refractivity contribution in [3.63, 3.8) is 0 Å². The molecule has 0 fully saturated rings. The molecule has 0 aliphatic rings. The number of aliphatic carboxylic acids is 1. The fourth-order valence-corrected chi connectivity index (χ4v) is 3.31. The molecule has 0 bridgehead atoms. The predicted octanol–water partition coefficient (Wildman–Crippen LogP) is 3.41. The van der Waals surface area contributed by atoms with Crippen LogP contribution in [0.15, 0.2) is 15.9 Å². The number of thiophene rings is 1. The van der Waals surface area contributed by atoms with Gasteiger partial charge in [0.2, 0.25) is 5.91 Å². The molecule has 106 valence electrons. The number of carbonyl (C=O) groups excluding carboxylic acids is 1. The average Bonchev–Trinajstić information content (AvgIpc) is 2.79. The van der Waals surface area contributed by atoms with Crippen LogP contribution in [0.25, 0.3) is 0 Å². The van der Waals surface area contributed by atoms with Crippen LogP contribution in [0.2, 0.25) is 0 Å². The van der Waals surface area contributed by atoms with E-state index in [1.807, 2.05) is 11.4 Å². The maximum atomic E-state index is 11.9. The lowest BCUT2D eigenvalue weighted by Gasteiger charge is -2.25. The SMILES string of the molecule is CCC(CC)(CC(=O)NCc1sccc1Br)C(=O)O. The van der Waals surface area contributed by atoms with E-state index in [0.717, 1.165) is 9.35 Å². The van der Waals surface area contributed by atoms with Crippen LogP contribution in [0, 0.1) is 5.41 Å². The van der Waals surface area contributed by atoms with E-state index in [2.05, 4.69) is 21.2 Å². The molecule has 1 aromatic heterocycles. The summed E-state index contributed by atoms with van der Waals surface area (Å²) in [6.45, 7) is 4.04. The second-order valence-corrected chi connectivity index (χ2v) is 6.29. The van der Waals surface area contributed by atoms with Crippen LogP contribution < -0.4 is 5.32 Å². The maximum Gasteiger partial charge on any atom is 0.310 e. The second kappa shape index (κ2) is 7.05. The van der Waals surface area contributed by atoms with Crippen molar-refractivity contribution in [3.8, 4) is 0 Å². The Morgan fingerprint density at radius 1 is 1.42 bits per heavy atom. The van der Waals surface area contributed by atoms with Crippen molar-refractivity contribution in [2.45, 2.75) is 39.7 Å². The molecule has 19 heavy (non-hydrogen) atoms. The molecule has 1 rings (SSSR count). The maximum absolute atomic E-state index is 11.9. The van der Waals surface area contributed by atoms with Gasteiger partial charge in [0, 0.05) is 15.8 Å². The first-order valence-corrected chi connectivity index (χ1v) is 7.84. The summed E-state index contributed by atoms with van der Waals surface area (Å²) in [4.78, 5) is 24.3.